The second kappa shape index (κ2) is 5.38. The normalized spacial score (nSPS) is 17.4. The first kappa shape index (κ1) is 14.1. The maximum absolute atomic E-state index is 11.5. The third-order valence-electron chi connectivity index (χ3n) is 3.85. The van der Waals surface area contributed by atoms with E-state index in [1.54, 1.807) is 6.07 Å². The number of sulfonamides is 1. The molecule has 0 amide bonds. The van der Waals surface area contributed by atoms with Crippen LogP contribution in [-0.2, 0) is 10.0 Å². The smallest absolute Gasteiger partial charge is 0.240 e. The molecule has 0 atom stereocenters. The molecule has 0 aliphatic heterocycles. The van der Waals surface area contributed by atoms with Crippen LogP contribution in [0.15, 0.2) is 23.1 Å². The molecule has 1 aromatic rings. The topological polar surface area (TPSA) is 89.4 Å². The van der Waals surface area contributed by atoms with Crippen molar-refractivity contribution < 1.29 is 8.42 Å². The van der Waals surface area contributed by atoms with Crippen molar-refractivity contribution in [2.45, 2.75) is 43.0 Å². The van der Waals surface area contributed by atoms with Crippen LogP contribution in [0.4, 0.5) is 11.4 Å². The Hall–Kier alpha value is -1.27. The molecule has 5 nitrogen and oxygen atoms in total. The molecule has 19 heavy (non-hydrogen) atoms. The van der Waals surface area contributed by atoms with Gasteiger partial charge in [0.2, 0.25) is 10.0 Å². The molecule has 4 N–H and O–H groups in total. The van der Waals surface area contributed by atoms with Crippen LogP contribution in [0.3, 0.4) is 0 Å². The van der Waals surface area contributed by atoms with Crippen LogP contribution in [0, 0.1) is 0 Å². The Morgan fingerprint density at radius 1 is 1.21 bits per heavy atom. The number of hydrogen-bond acceptors (Lipinski definition) is 4. The summed E-state index contributed by atoms with van der Waals surface area (Å²) in [6.45, 7) is 0. The molecule has 1 saturated carbocycles. The highest BCUT2D eigenvalue weighted by Crippen LogP contribution is 2.32. The Balaban J connectivity index is 2.34. The van der Waals surface area contributed by atoms with E-state index in [0.29, 0.717) is 6.04 Å². The van der Waals surface area contributed by atoms with Gasteiger partial charge in [-0.2, -0.15) is 0 Å². The molecule has 0 radical (unpaired) electrons. The van der Waals surface area contributed by atoms with E-state index in [4.69, 9.17) is 10.9 Å². The predicted molar refractivity (Wildman–Crippen MR) is 77.5 cm³/mol. The lowest BCUT2D eigenvalue weighted by molar-refractivity contribution is 0.428. The molecule has 0 unspecified atom stereocenters. The van der Waals surface area contributed by atoms with Gasteiger partial charge in [0.25, 0.3) is 0 Å². The van der Waals surface area contributed by atoms with E-state index < -0.39 is 10.0 Å². The standard InChI is InChI=1S/C13H21N3O2S/c1-16(10-6-3-2-4-7-10)11-8-5-9-12(13(11)14)19(15,17)18/h5,8-10H,2-4,6-7,14H2,1H3,(H2,15,17,18). The highest BCUT2D eigenvalue weighted by atomic mass is 32.2. The second-order valence-corrected chi connectivity index (χ2v) is 6.67. The van der Waals surface area contributed by atoms with Crippen LogP contribution in [0.25, 0.3) is 0 Å². The highest BCUT2D eigenvalue weighted by Gasteiger charge is 2.22. The van der Waals surface area contributed by atoms with Gasteiger partial charge in [0.1, 0.15) is 4.90 Å². The third-order valence-corrected chi connectivity index (χ3v) is 4.82. The van der Waals surface area contributed by atoms with Crippen molar-refractivity contribution in [3.63, 3.8) is 0 Å². The number of para-hydroxylation sites is 1. The van der Waals surface area contributed by atoms with Crippen molar-refractivity contribution in [1.82, 2.24) is 0 Å². The van der Waals surface area contributed by atoms with Crippen molar-refractivity contribution in [3.05, 3.63) is 18.2 Å². The summed E-state index contributed by atoms with van der Waals surface area (Å²) in [5, 5.41) is 5.18. The zero-order chi connectivity index (χ0) is 14.0. The summed E-state index contributed by atoms with van der Waals surface area (Å²) in [5.41, 5.74) is 6.97. The fourth-order valence-corrected chi connectivity index (χ4v) is 3.43. The molecule has 1 fully saturated rings. The Morgan fingerprint density at radius 3 is 2.42 bits per heavy atom. The molecule has 0 aromatic heterocycles. The number of benzene rings is 1. The van der Waals surface area contributed by atoms with Gasteiger partial charge in [0.05, 0.1) is 11.4 Å². The van der Waals surface area contributed by atoms with Crippen molar-refractivity contribution in [1.29, 1.82) is 0 Å². The molecule has 0 spiro atoms. The zero-order valence-corrected chi connectivity index (χ0v) is 12.0. The average molecular weight is 283 g/mol. The fraction of sp³-hybridized carbons (Fsp3) is 0.538. The molecule has 6 heteroatoms. The quantitative estimate of drug-likeness (QED) is 0.826. The highest BCUT2D eigenvalue weighted by molar-refractivity contribution is 7.89. The predicted octanol–water partition coefficient (Wildman–Crippen LogP) is 1.69. The van der Waals surface area contributed by atoms with Crippen LogP contribution in [0.1, 0.15) is 32.1 Å². The maximum atomic E-state index is 11.5. The van der Waals surface area contributed by atoms with Crippen molar-refractivity contribution in [2.75, 3.05) is 17.7 Å². The first-order chi connectivity index (χ1) is 8.91. The number of nitrogen functional groups attached to an aromatic ring is 1. The van der Waals surface area contributed by atoms with Crippen molar-refractivity contribution in [2.24, 2.45) is 5.14 Å². The van der Waals surface area contributed by atoms with E-state index in [0.717, 1.165) is 18.5 Å². The second-order valence-electron chi connectivity index (χ2n) is 5.14. The van der Waals surface area contributed by atoms with Crippen LogP contribution in [0.5, 0.6) is 0 Å². The Kier molecular flexibility index (Phi) is 4.01. The number of primary sulfonamides is 1. The number of rotatable bonds is 3. The number of anilines is 2. The molecule has 2 rings (SSSR count). The lowest BCUT2D eigenvalue weighted by Gasteiger charge is -2.33. The van der Waals surface area contributed by atoms with E-state index in [2.05, 4.69) is 4.90 Å². The van der Waals surface area contributed by atoms with Gasteiger partial charge in [0, 0.05) is 13.1 Å². The summed E-state index contributed by atoms with van der Waals surface area (Å²) < 4.78 is 23.0. The Morgan fingerprint density at radius 2 is 1.84 bits per heavy atom. The lowest BCUT2D eigenvalue weighted by Crippen LogP contribution is -2.34. The molecule has 1 aliphatic carbocycles. The molecule has 0 saturated heterocycles. The van der Waals surface area contributed by atoms with Crippen molar-refractivity contribution in [3.8, 4) is 0 Å². The van der Waals surface area contributed by atoms with E-state index in [-0.39, 0.29) is 10.6 Å². The minimum absolute atomic E-state index is 0.00709. The maximum Gasteiger partial charge on any atom is 0.240 e. The molecular formula is C13H21N3O2S. The van der Waals surface area contributed by atoms with Gasteiger partial charge in [-0.1, -0.05) is 25.3 Å². The lowest BCUT2D eigenvalue weighted by atomic mass is 9.94. The first-order valence-corrected chi connectivity index (χ1v) is 8.10. The molecule has 0 heterocycles. The number of nitrogens with zero attached hydrogens (tertiary/aromatic N) is 1. The Labute approximate surface area is 114 Å². The van der Waals surface area contributed by atoms with Gasteiger partial charge < -0.3 is 10.6 Å². The number of hydrogen-bond donors (Lipinski definition) is 2. The summed E-state index contributed by atoms with van der Waals surface area (Å²) in [4.78, 5) is 2.09. The SMILES string of the molecule is CN(c1cccc(S(N)(=O)=O)c1N)C1CCCCC1. The monoisotopic (exact) mass is 283 g/mol. The average Bonchev–Trinajstić information content (AvgIpc) is 2.38. The first-order valence-electron chi connectivity index (χ1n) is 6.55. The zero-order valence-electron chi connectivity index (χ0n) is 11.2. The van der Waals surface area contributed by atoms with E-state index >= 15 is 0 Å². The summed E-state index contributed by atoms with van der Waals surface area (Å²) in [5.74, 6) is 0. The fourth-order valence-electron chi connectivity index (χ4n) is 2.75. The van der Waals surface area contributed by atoms with Gasteiger partial charge in [0.15, 0.2) is 0 Å². The van der Waals surface area contributed by atoms with E-state index in [9.17, 15) is 8.42 Å². The van der Waals surface area contributed by atoms with Gasteiger partial charge in [-0.3, -0.25) is 0 Å². The van der Waals surface area contributed by atoms with Gasteiger partial charge in [-0.15, -0.1) is 0 Å². The van der Waals surface area contributed by atoms with Crippen LogP contribution < -0.4 is 15.8 Å². The van der Waals surface area contributed by atoms with E-state index in [1.807, 2.05) is 13.1 Å². The summed E-state index contributed by atoms with van der Waals surface area (Å²) in [6.07, 6.45) is 5.94. The third kappa shape index (κ3) is 3.01. The molecule has 106 valence electrons. The summed E-state index contributed by atoms with van der Waals surface area (Å²) in [7, 11) is -1.81. The molecule has 0 bridgehead atoms. The minimum Gasteiger partial charge on any atom is -0.396 e. The number of nitrogens with two attached hydrogens (primary N) is 2. The van der Waals surface area contributed by atoms with Crippen LogP contribution in [-0.4, -0.2) is 21.5 Å². The molecular weight excluding hydrogens is 262 g/mol. The van der Waals surface area contributed by atoms with Gasteiger partial charge >= 0.3 is 0 Å². The van der Waals surface area contributed by atoms with Gasteiger partial charge in [-0.05, 0) is 25.0 Å². The molecule has 1 aliphatic rings. The van der Waals surface area contributed by atoms with Gasteiger partial charge in [-0.25, -0.2) is 13.6 Å². The Bertz CT molecular complexity index is 551. The van der Waals surface area contributed by atoms with E-state index in [1.165, 1.54) is 25.3 Å². The van der Waals surface area contributed by atoms with Crippen LogP contribution in [0.2, 0.25) is 0 Å². The van der Waals surface area contributed by atoms with Crippen molar-refractivity contribution >= 4 is 21.4 Å². The summed E-state index contributed by atoms with van der Waals surface area (Å²) in [6, 6.07) is 5.40. The minimum atomic E-state index is -3.77. The summed E-state index contributed by atoms with van der Waals surface area (Å²) >= 11 is 0. The largest absolute Gasteiger partial charge is 0.396 e. The molecule has 1 aromatic carbocycles. The van der Waals surface area contributed by atoms with Crippen LogP contribution >= 0.6 is 0 Å².